The molecule has 0 spiro atoms. The zero-order valence-corrected chi connectivity index (χ0v) is 12.5. The summed E-state index contributed by atoms with van der Waals surface area (Å²) in [5, 5.41) is 2.86. The minimum absolute atomic E-state index is 0.00861. The van der Waals surface area contributed by atoms with Gasteiger partial charge in [0.25, 0.3) is 5.91 Å². The first-order chi connectivity index (χ1) is 9.59. The van der Waals surface area contributed by atoms with E-state index in [1.54, 1.807) is 0 Å². The van der Waals surface area contributed by atoms with Crippen LogP contribution in [-0.4, -0.2) is 12.5 Å². The summed E-state index contributed by atoms with van der Waals surface area (Å²) in [5.74, 6) is 0.502. The third-order valence-corrected chi connectivity index (χ3v) is 2.65. The van der Waals surface area contributed by atoms with Crippen LogP contribution >= 0.6 is 0 Å². The highest BCUT2D eigenvalue weighted by atomic mass is 16.1. The van der Waals surface area contributed by atoms with Crippen LogP contribution in [0.1, 0.15) is 29.8 Å². The standard InChI is InChI=1S/C11H15NO.C7H8/c1-9(2)8-12-11(13)10-6-4-3-5-7-10;1-7-5-3-2-4-6-7/h3-7,9H,8H2,1-2H3,(H,12,13);2-6H,1H3. The van der Waals surface area contributed by atoms with Crippen LogP contribution in [-0.2, 0) is 0 Å². The minimum Gasteiger partial charge on any atom is -0.352 e. The lowest BCUT2D eigenvalue weighted by Gasteiger charge is -2.06. The Labute approximate surface area is 121 Å². The van der Waals surface area contributed by atoms with Crippen LogP contribution in [0.25, 0.3) is 0 Å². The third kappa shape index (κ3) is 6.74. The van der Waals surface area contributed by atoms with Crippen molar-refractivity contribution in [3.8, 4) is 0 Å². The van der Waals surface area contributed by atoms with Gasteiger partial charge in [0.15, 0.2) is 0 Å². The molecular formula is C18H23NO. The van der Waals surface area contributed by atoms with Crippen LogP contribution in [0.5, 0.6) is 0 Å². The Morgan fingerprint density at radius 2 is 1.45 bits per heavy atom. The smallest absolute Gasteiger partial charge is 0.251 e. The van der Waals surface area contributed by atoms with E-state index in [2.05, 4.69) is 38.2 Å². The molecule has 0 fully saturated rings. The van der Waals surface area contributed by atoms with Gasteiger partial charge in [-0.05, 0) is 25.0 Å². The number of amides is 1. The third-order valence-electron chi connectivity index (χ3n) is 2.65. The molecule has 0 aliphatic heterocycles. The average molecular weight is 269 g/mol. The topological polar surface area (TPSA) is 29.1 Å². The quantitative estimate of drug-likeness (QED) is 0.894. The SMILES string of the molecule is CC(C)CNC(=O)c1ccccc1.Cc1ccccc1. The number of rotatable bonds is 3. The molecule has 2 rings (SSSR count). The molecule has 106 valence electrons. The summed E-state index contributed by atoms with van der Waals surface area (Å²) < 4.78 is 0. The van der Waals surface area contributed by atoms with Crippen LogP contribution < -0.4 is 5.32 Å². The van der Waals surface area contributed by atoms with E-state index in [0.29, 0.717) is 5.92 Å². The Bertz CT molecular complexity index is 491. The zero-order valence-electron chi connectivity index (χ0n) is 12.5. The van der Waals surface area contributed by atoms with Crippen LogP contribution in [0, 0.1) is 12.8 Å². The molecule has 0 bridgehead atoms. The molecule has 0 aliphatic carbocycles. The summed E-state index contributed by atoms with van der Waals surface area (Å²) in [7, 11) is 0. The summed E-state index contributed by atoms with van der Waals surface area (Å²) in [6.45, 7) is 6.96. The normalized spacial score (nSPS) is 9.60. The van der Waals surface area contributed by atoms with Crippen LogP contribution in [0.4, 0.5) is 0 Å². The number of nitrogens with one attached hydrogen (secondary N) is 1. The Morgan fingerprint density at radius 3 is 1.85 bits per heavy atom. The van der Waals surface area contributed by atoms with Crippen molar-refractivity contribution in [2.45, 2.75) is 20.8 Å². The van der Waals surface area contributed by atoms with Crippen molar-refractivity contribution < 1.29 is 4.79 Å². The Morgan fingerprint density at radius 1 is 0.950 bits per heavy atom. The Hall–Kier alpha value is -2.09. The Kier molecular flexibility index (Phi) is 7.12. The van der Waals surface area contributed by atoms with Crippen molar-refractivity contribution in [1.82, 2.24) is 5.32 Å². The molecule has 0 unspecified atom stereocenters. The second-order valence-corrected chi connectivity index (χ2v) is 5.12. The molecule has 1 N–H and O–H groups in total. The predicted molar refractivity (Wildman–Crippen MR) is 84.8 cm³/mol. The van der Waals surface area contributed by atoms with E-state index in [0.717, 1.165) is 12.1 Å². The molecule has 0 atom stereocenters. The fraction of sp³-hybridized carbons (Fsp3) is 0.278. The van der Waals surface area contributed by atoms with Crippen molar-refractivity contribution in [3.63, 3.8) is 0 Å². The maximum absolute atomic E-state index is 11.4. The molecule has 0 heterocycles. The van der Waals surface area contributed by atoms with E-state index in [1.165, 1.54) is 5.56 Å². The van der Waals surface area contributed by atoms with Gasteiger partial charge >= 0.3 is 0 Å². The van der Waals surface area contributed by atoms with Crippen molar-refractivity contribution >= 4 is 5.91 Å². The largest absolute Gasteiger partial charge is 0.352 e. The first-order valence-electron chi connectivity index (χ1n) is 6.94. The van der Waals surface area contributed by atoms with Gasteiger partial charge in [0.05, 0.1) is 0 Å². The van der Waals surface area contributed by atoms with Crippen molar-refractivity contribution in [2.24, 2.45) is 5.92 Å². The van der Waals surface area contributed by atoms with Gasteiger partial charge in [-0.25, -0.2) is 0 Å². The number of benzene rings is 2. The lowest BCUT2D eigenvalue weighted by molar-refractivity contribution is 0.0949. The number of hydrogen-bond donors (Lipinski definition) is 1. The highest BCUT2D eigenvalue weighted by molar-refractivity contribution is 5.94. The van der Waals surface area contributed by atoms with E-state index in [-0.39, 0.29) is 5.91 Å². The maximum Gasteiger partial charge on any atom is 0.251 e. The molecular weight excluding hydrogens is 246 g/mol. The van der Waals surface area contributed by atoms with Crippen LogP contribution in [0.15, 0.2) is 60.7 Å². The van der Waals surface area contributed by atoms with E-state index in [1.807, 2.05) is 48.5 Å². The average Bonchev–Trinajstić information content (AvgIpc) is 2.47. The summed E-state index contributed by atoms with van der Waals surface area (Å²) in [5.41, 5.74) is 2.05. The van der Waals surface area contributed by atoms with Crippen LogP contribution in [0.3, 0.4) is 0 Å². The summed E-state index contributed by atoms with van der Waals surface area (Å²) in [6.07, 6.45) is 0. The summed E-state index contributed by atoms with van der Waals surface area (Å²) in [6, 6.07) is 19.5. The van der Waals surface area contributed by atoms with Gasteiger partial charge in [-0.15, -0.1) is 0 Å². The van der Waals surface area contributed by atoms with E-state index >= 15 is 0 Å². The van der Waals surface area contributed by atoms with E-state index < -0.39 is 0 Å². The molecule has 2 heteroatoms. The minimum atomic E-state index is 0.00861. The molecule has 0 aliphatic rings. The second-order valence-electron chi connectivity index (χ2n) is 5.12. The zero-order chi connectivity index (χ0) is 14.8. The fourth-order valence-electron chi connectivity index (χ4n) is 1.52. The summed E-state index contributed by atoms with van der Waals surface area (Å²) >= 11 is 0. The Balaban J connectivity index is 0.000000240. The van der Waals surface area contributed by atoms with Gasteiger partial charge in [0.2, 0.25) is 0 Å². The monoisotopic (exact) mass is 269 g/mol. The number of hydrogen-bond acceptors (Lipinski definition) is 1. The number of aryl methyl sites for hydroxylation is 1. The van der Waals surface area contributed by atoms with Gasteiger partial charge in [-0.1, -0.05) is 67.9 Å². The van der Waals surface area contributed by atoms with Gasteiger partial charge in [0, 0.05) is 12.1 Å². The molecule has 2 aromatic rings. The van der Waals surface area contributed by atoms with E-state index in [9.17, 15) is 4.79 Å². The first-order valence-corrected chi connectivity index (χ1v) is 6.94. The molecule has 0 saturated heterocycles. The van der Waals surface area contributed by atoms with Crippen molar-refractivity contribution in [1.29, 1.82) is 0 Å². The molecule has 0 aromatic heterocycles. The van der Waals surface area contributed by atoms with Crippen LogP contribution in [0.2, 0.25) is 0 Å². The van der Waals surface area contributed by atoms with Crippen molar-refractivity contribution in [2.75, 3.05) is 6.54 Å². The van der Waals surface area contributed by atoms with Gasteiger partial charge < -0.3 is 5.32 Å². The molecule has 0 saturated carbocycles. The fourth-order valence-corrected chi connectivity index (χ4v) is 1.52. The number of carbonyl (C=O) groups excluding carboxylic acids is 1. The highest BCUT2D eigenvalue weighted by Crippen LogP contribution is 1.98. The molecule has 0 radical (unpaired) electrons. The van der Waals surface area contributed by atoms with Gasteiger partial charge in [-0.3, -0.25) is 4.79 Å². The lowest BCUT2D eigenvalue weighted by atomic mass is 10.2. The molecule has 1 amide bonds. The molecule has 20 heavy (non-hydrogen) atoms. The highest BCUT2D eigenvalue weighted by Gasteiger charge is 2.03. The number of carbonyl (C=O) groups is 1. The summed E-state index contributed by atoms with van der Waals surface area (Å²) in [4.78, 5) is 11.4. The van der Waals surface area contributed by atoms with Gasteiger partial charge in [0.1, 0.15) is 0 Å². The van der Waals surface area contributed by atoms with Crippen molar-refractivity contribution in [3.05, 3.63) is 71.8 Å². The first kappa shape index (κ1) is 16.0. The lowest BCUT2D eigenvalue weighted by Crippen LogP contribution is -2.27. The maximum atomic E-state index is 11.4. The van der Waals surface area contributed by atoms with E-state index in [4.69, 9.17) is 0 Å². The molecule has 2 nitrogen and oxygen atoms in total. The second kappa shape index (κ2) is 8.92. The van der Waals surface area contributed by atoms with Gasteiger partial charge in [-0.2, -0.15) is 0 Å². The molecule has 2 aromatic carbocycles. The predicted octanol–water partition coefficient (Wildman–Crippen LogP) is 4.07.